The zero-order chi connectivity index (χ0) is 22.5. The molecule has 2 aromatic carbocycles. The molecule has 2 aromatic rings. The van der Waals surface area contributed by atoms with E-state index in [1.807, 2.05) is 30.3 Å². The maximum atomic E-state index is 10.4. The van der Waals surface area contributed by atoms with E-state index in [0.29, 0.717) is 19.8 Å². The number of hydrogen-bond acceptors (Lipinski definition) is 5. The summed E-state index contributed by atoms with van der Waals surface area (Å²) in [4.78, 5) is 12.9. The predicted octanol–water partition coefficient (Wildman–Crippen LogP) is 3.60. The number of rotatable bonds is 9. The van der Waals surface area contributed by atoms with E-state index in [2.05, 4.69) is 36.2 Å². The average molecular weight is 430 g/mol. The molecule has 0 spiro atoms. The van der Waals surface area contributed by atoms with Crippen molar-refractivity contribution in [2.24, 2.45) is 5.73 Å². The van der Waals surface area contributed by atoms with Gasteiger partial charge in [0.1, 0.15) is 19.0 Å². The normalized spacial score (nSPS) is 12.0. The number of carbonyl (C=O) groups excluding carboxylic acids is 1. The molecule has 170 valence electrons. The average Bonchev–Trinajstić information content (AvgIpc) is 2.81. The highest BCUT2D eigenvalue weighted by molar-refractivity contribution is 5.71. The molecule has 0 fully saturated rings. The number of fused-ring (bicyclic) bond motifs is 1. The van der Waals surface area contributed by atoms with Crippen LogP contribution in [0.5, 0.6) is 17.2 Å². The largest absolute Gasteiger partial charge is 0.497 e. The lowest BCUT2D eigenvalue weighted by Crippen LogP contribution is -2.28. The second kappa shape index (κ2) is 13.4. The number of benzene rings is 2. The van der Waals surface area contributed by atoms with E-state index < -0.39 is 6.03 Å². The van der Waals surface area contributed by atoms with Crippen molar-refractivity contribution in [1.82, 2.24) is 10.2 Å². The molecule has 7 nitrogen and oxygen atoms in total. The van der Waals surface area contributed by atoms with Crippen LogP contribution in [0.2, 0.25) is 0 Å². The summed E-state index contributed by atoms with van der Waals surface area (Å²) in [5.41, 5.74) is 7.23. The Labute approximate surface area is 185 Å². The number of methoxy groups -OCH3 is 1. The number of aryl methyl sites for hydroxylation is 1. The maximum absolute atomic E-state index is 10.4. The van der Waals surface area contributed by atoms with Crippen LogP contribution in [0.1, 0.15) is 31.4 Å². The zero-order valence-corrected chi connectivity index (χ0v) is 18.9. The molecule has 0 unspecified atom stereocenters. The molecule has 2 amide bonds. The number of urea groups is 1. The Kier molecular flexibility index (Phi) is 10.5. The maximum Gasteiger partial charge on any atom is 0.312 e. The van der Waals surface area contributed by atoms with Gasteiger partial charge in [-0.2, -0.15) is 0 Å². The van der Waals surface area contributed by atoms with Gasteiger partial charge in [-0.3, -0.25) is 0 Å². The van der Waals surface area contributed by atoms with Crippen LogP contribution >= 0.6 is 0 Å². The summed E-state index contributed by atoms with van der Waals surface area (Å²) in [6.45, 7) is 9.62. The number of carbonyl (C=O) groups is 1. The highest BCUT2D eigenvalue weighted by atomic mass is 16.6. The van der Waals surface area contributed by atoms with E-state index in [9.17, 15) is 4.79 Å². The topological polar surface area (TPSA) is 86.1 Å². The van der Waals surface area contributed by atoms with Gasteiger partial charge in [0.05, 0.1) is 7.11 Å². The molecule has 1 aliphatic rings. The first kappa shape index (κ1) is 24.3. The van der Waals surface area contributed by atoms with Crippen molar-refractivity contribution in [3.8, 4) is 17.2 Å². The Morgan fingerprint density at radius 2 is 1.81 bits per heavy atom. The molecule has 3 N–H and O–H groups in total. The highest BCUT2D eigenvalue weighted by Crippen LogP contribution is 2.31. The number of nitrogens with one attached hydrogen (secondary N) is 1. The Morgan fingerprint density at radius 1 is 1.06 bits per heavy atom. The van der Waals surface area contributed by atoms with Crippen LogP contribution in [0.3, 0.4) is 0 Å². The Hall–Kier alpha value is -2.93. The van der Waals surface area contributed by atoms with Crippen LogP contribution in [0.15, 0.2) is 42.5 Å². The van der Waals surface area contributed by atoms with Gasteiger partial charge < -0.3 is 30.2 Å². The van der Waals surface area contributed by atoms with E-state index in [-0.39, 0.29) is 0 Å². The third kappa shape index (κ3) is 8.76. The molecule has 0 aromatic heterocycles. The Morgan fingerprint density at radius 3 is 2.48 bits per heavy atom. The first-order valence-corrected chi connectivity index (χ1v) is 10.8. The van der Waals surface area contributed by atoms with E-state index >= 15 is 0 Å². The molecule has 7 heteroatoms. The fourth-order valence-electron chi connectivity index (χ4n) is 3.26. The fourth-order valence-corrected chi connectivity index (χ4v) is 3.26. The number of nitrogens with two attached hydrogens (primary N) is 1. The molecule has 0 bridgehead atoms. The van der Waals surface area contributed by atoms with Crippen molar-refractivity contribution in [1.29, 1.82) is 0 Å². The molecule has 3 rings (SSSR count). The SMILES string of the molecule is CCN(CC)CCCc1ccc2c(c1)OCCO2.COc1cccc(CNC(N)=O)c1. The molecular formula is C24H35N3O4. The number of amides is 2. The third-order valence-electron chi connectivity index (χ3n) is 5.04. The van der Waals surface area contributed by atoms with Crippen molar-refractivity contribution < 1.29 is 19.0 Å². The van der Waals surface area contributed by atoms with E-state index in [1.165, 1.54) is 18.5 Å². The van der Waals surface area contributed by atoms with Gasteiger partial charge in [-0.15, -0.1) is 0 Å². The van der Waals surface area contributed by atoms with Crippen molar-refractivity contribution >= 4 is 6.03 Å². The second-order valence-electron chi connectivity index (χ2n) is 7.18. The molecule has 1 heterocycles. The van der Waals surface area contributed by atoms with Crippen molar-refractivity contribution in [2.75, 3.05) is 40.0 Å². The van der Waals surface area contributed by atoms with Crippen molar-refractivity contribution in [3.63, 3.8) is 0 Å². The van der Waals surface area contributed by atoms with Gasteiger partial charge in [0, 0.05) is 6.54 Å². The van der Waals surface area contributed by atoms with Gasteiger partial charge in [-0.05, 0) is 67.9 Å². The number of ether oxygens (including phenoxy) is 3. The molecular weight excluding hydrogens is 394 g/mol. The Balaban J connectivity index is 0.000000233. The minimum absolute atomic E-state index is 0.423. The van der Waals surface area contributed by atoms with Crippen LogP contribution < -0.4 is 25.3 Å². The van der Waals surface area contributed by atoms with Crippen LogP contribution in [0.25, 0.3) is 0 Å². The second-order valence-corrected chi connectivity index (χ2v) is 7.18. The van der Waals surface area contributed by atoms with Gasteiger partial charge in [0.15, 0.2) is 11.5 Å². The van der Waals surface area contributed by atoms with E-state index in [0.717, 1.165) is 42.3 Å². The highest BCUT2D eigenvalue weighted by Gasteiger charge is 2.11. The predicted molar refractivity (Wildman–Crippen MR) is 123 cm³/mol. The van der Waals surface area contributed by atoms with Gasteiger partial charge in [-0.1, -0.05) is 32.0 Å². The first-order chi connectivity index (χ1) is 15.0. The van der Waals surface area contributed by atoms with Crippen LogP contribution in [0, 0.1) is 0 Å². The van der Waals surface area contributed by atoms with Crippen LogP contribution in [-0.4, -0.2) is 50.9 Å². The summed E-state index contributed by atoms with van der Waals surface area (Å²) in [6.07, 6.45) is 2.30. The lowest BCUT2D eigenvalue weighted by Gasteiger charge is -2.20. The van der Waals surface area contributed by atoms with Crippen LogP contribution in [-0.2, 0) is 13.0 Å². The zero-order valence-electron chi connectivity index (χ0n) is 18.9. The van der Waals surface area contributed by atoms with E-state index in [4.69, 9.17) is 19.9 Å². The van der Waals surface area contributed by atoms with Crippen LogP contribution in [0.4, 0.5) is 4.79 Å². The molecule has 31 heavy (non-hydrogen) atoms. The minimum Gasteiger partial charge on any atom is -0.497 e. The lowest BCUT2D eigenvalue weighted by molar-refractivity contribution is 0.171. The summed E-state index contributed by atoms with van der Waals surface area (Å²) < 4.78 is 16.1. The van der Waals surface area contributed by atoms with Gasteiger partial charge in [-0.25, -0.2) is 4.79 Å². The minimum atomic E-state index is -0.525. The summed E-state index contributed by atoms with van der Waals surface area (Å²) in [5, 5.41) is 2.50. The molecule has 0 saturated carbocycles. The summed E-state index contributed by atoms with van der Waals surface area (Å²) >= 11 is 0. The molecule has 0 radical (unpaired) electrons. The molecule has 0 saturated heterocycles. The summed E-state index contributed by atoms with van der Waals surface area (Å²) in [7, 11) is 1.60. The first-order valence-electron chi connectivity index (χ1n) is 10.8. The standard InChI is InChI=1S/C15H23NO2.C9H12N2O2/c1-3-16(4-2)9-5-6-13-7-8-14-15(12-13)18-11-10-17-14;1-13-8-4-2-3-7(5-8)6-11-9(10)12/h7-8,12H,3-6,9-11H2,1-2H3;2-5H,6H2,1H3,(H3,10,11,12). The smallest absolute Gasteiger partial charge is 0.312 e. The molecule has 0 atom stereocenters. The molecule has 1 aliphatic heterocycles. The van der Waals surface area contributed by atoms with Crippen molar-refractivity contribution in [3.05, 3.63) is 53.6 Å². The monoisotopic (exact) mass is 429 g/mol. The Bertz CT molecular complexity index is 809. The summed E-state index contributed by atoms with van der Waals surface area (Å²) in [5.74, 6) is 2.55. The third-order valence-corrected chi connectivity index (χ3v) is 5.04. The summed E-state index contributed by atoms with van der Waals surface area (Å²) in [6, 6.07) is 13.2. The van der Waals surface area contributed by atoms with E-state index in [1.54, 1.807) is 7.11 Å². The number of primary amides is 1. The van der Waals surface area contributed by atoms with Crippen molar-refractivity contribution in [2.45, 2.75) is 33.2 Å². The molecule has 0 aliphatic carbocycles. The lowest BCUT2D eigenvalue weighted by atomic mass is 10.1. The number of nitrogens with zero attached hydrogens (tertiary/aromatic N) is 1. The quantitative estimate of drug-likeness (QED) is 0.636. The van der Waals surface area contributed by atoms with Gasteiger partial charge >= 0.3 is 6.03 Å². The fraction of sp³-hybridized carbons (Fsp3) is 0.458. The number of hydrogen-bond donors (Lipinski definition) is 2. The van der Waals surface area contributed by atoms with Gasteiger partial charge in [0.2, 0.25) is 0 Å². The van der Waals surface area contributed by atoms with Gasteiger partial charge in [0.25, 0.3) is 0 Å².